The minimum absolute atomic E-state index is 0.0412. The van der Waals surface area contributed by atoms with Crippen molar-refractivity contribution in [2.45, 2.75) is 120 Å². The quantitative estimate of drug-likeness (QED) is 0.141. The molecule has 15 rings (SSSR count). The molecule has 346 valence electrons. The zero-order valence-corrected chi connectivity index (χ0v) is 37.6. The molecule has 4 aromatic heterocycles. The number of carbonyl (C=O) groups excluding carboxylic acids is 1. The first kappa shape index (κ1) is 41.0. The molecule has 8 saturated carbocycles. The highest BCUT2D eigenvalue weighted by molar-refractivity contribution is 5.93. The van der Waals surface area contributed by atoms with Crippen molar-refractivity contribution in [3.8, 4) is 6.07 Å². The molecule has 4 N–H and O–H groups in total. The van der Waals surface area contributed by atoms with E-state index in [0.717, 1.165) is 76.2 Å². The molecular formula is C49H53FN12O5. The minimum Gasteiger partial charge on any atom is -0.373 e. The fourth-order valence-corrected chi connectivity index (χ4v) is 15.4. The first-order valence-corrected chi connectivity index (χ1v) is 23.9. The molecule has 0 spiro atoms. The standard InChI is InChI=1S/C49H53FN12O5/c1-26-7-32(39(52)63)3-4-34(26)55-42-53-20-36-40(57-42)61(44(64)59(36)2)48-16-29-9-30(17-48)19-49(18-29,23-48)67-25-60-37-21-54-43(56-35-10-31-5-6-66-38(31)11-33(35)50)58-41(37)62(45(60)65)47-14-27-8-28(15-47)13-46(12-27,22-47)24-51/h3-4,7,10-11,20-21,27-31,38H,5-6,8-9,12-19,22-23,25H2,1-2H3,(H2,52,63)(H,53,55,57)(H,54,56,58). The number of halogens is 1. The molecule has 1 amide bonds. The number of amides is 1. The predicted octanol–water partition coefficient (Wildman–Crippen LogP) is 6.30. The van der Waals surface area contributed by atoms with Crippen LogP contribution in [-0.4, -0.2) is 62.4 Å². The second-order valence-electron chi connectivity index (χ2n) is 21.8. The van der Waals surface area contributed by atoms with E-state index in [2.05, 4.69) is 26.7 Å². The van der Waals surface area contributed by atoms with E-state index in [1.807, 2.05) is 22.1 Å². The van der Waals surface area contributed by atoms with Gasteiger partial charge in [0, 0.05) is 37.2 Å². The number of hydrogen-bond acceptors (Lipinski definition) is 12. The highest BCUT2D eigenvalue weighted by atomic mass is 19.1. The van der Waals surface area contributed by atoms with Crippen molar-refractivity contribution >= 4 is 45.8 Å². The number of primary amides is 1. The van der Waals surface area contributed by atoms with Crippen molar-refractivity contribution in [3.63, 3.8) is 0 Å². The van der Waals surface area contributed by atoms with E-state index in [0.29, 0.717) is 82.6 Å². The molecule has 9 fully saturated rings. The maximum absolute atomic E-state index is 15.5. The second kappa shape index (κ2) is 14.2. The number of allylic oxidation sites excluding steroid dienone is 1. The van der Waals surface area contributed by atoms with Gasteiger partial charge >= 0.3 is 11.4 Å². The lowest BCUT2D eigenvalue weighted by Crippen LogP contribution is -2.62. The zero-order valence-electron chi connectivity index (χ0n) is 37.6. The van der Waals surface area contributed by atoms with Crippen molar-refractivity contribution in [2.24, 2.45) is 47.8 Å². The molecule has 6 unspecified atom stereocenters. The largest absolute Gasteiger partial charge is 0.373 e. The van der Waals surface area contributed by atoms with Gasteiger partial charge in [-0.2, -0.15) is 15.2 Å². The lowest BCUT2D eigenvalue weighted by atomic mass is 9.47. The van der Waals surface area contributed by atoms with Gasteiger partial charge in [0.2, 0.25) is 17.8 Å². The number of ether oxygens (including phenoxy) is 2. The Morgan fingerprint density at radius 3 is 2.22 bits per heavy atom. The van der Waals surface area contributed by atoms with Crippen LogP contribution in [0.5, 0.6) is 0 Å². The summed E-state index contributed by atoms with van der Waals surface area (Å²) in [7, 11) is 1.75. The Morgan fingerprint density at radius 2 is 1.54 bits per heavy atom. The summed E-state index contributed by atoms with van der Waals surface area (Å²) in [6.07, 6.45) is 17.0. The Bertz CT molecular complexity index is 3180. The van der Waals surface area contributed by atoms with Gasteiger partial charge in [0.05, 0.1) is 52.4 Å². The third-order valence-corrected chi connectivity index (χ3v) is 17.3. The van der Waals surface area contributed by atoms with Crippen LogP contribution in [0.25, 0.3) is 22.3 Å². The van der Waals surface area contributed by atoms with Gasteiger partial charge in [0.25, 0.3) is 0 Å². The van der Waals surface area contributed by atoms with Crippen LogP contribution in [0, 0.1) is 53.3 Å². The first-order valence-electron chi connectivity index (χ1n) is 23.9. The van der Waals surface area contributed by atoms with Crippen LogP contribution < -0.4 is 27.7 Å². The molecule has 5 heterocycles. The molecular weight excluding hydrogens is 856 g/mol. The van der Waals surface area contributed by atoms with E-state index in [9.17, 15) is 14.9 Å². The minimum atomic E-state index is -0.625. The number of nitrogens with two attached hydrogens (primary N) is 1. The number of rotatable bonds is 10. The molecule has 18 heteroatoms. The molecule has 0 radical (unpaired) electrons. The lowest BCUT2D eigenvalue weighted by Gasteiger charge is -2.61. The van der Waals surface area contributed by atoms with Crippen LogP contribution in [0.1, 0.15) is 99.4 Å². The average molecular weight is 909 g/mol. The topological polar surface area (TPSA) is 215 Å². The fraction of sp³-hybridized carbons (Fsp3) is 0.551. The summed E-state index contributed by atoms with van der Waals surface area (Å²) in [5.41, 5.74) is 7.14. The van der Waals surface area contributed by atoms with Gasteiger partial charge in [0.15, 0.2) is 11.3 Å². The normalized spacial score (nSPS) is 34.4. The van der Waals surface area contributed by atoms with E-state index in [1.54, 1.807) is 46.8 Å². The number of hydrogen-bond donors (Lipinski definition) is 3. The Hall–Kier alpha value is -6.19. The molecule has 1 aliphatic heterocycles. The number of nitrogens with zero attached hydrogens (tertiary/aromatic N) is 9. The molecule has 1 saturated heterocycles. The van der Waals surface area contributed by atoms with Crippen LogP contribution in [0.4, 0.5) is 22.0 Å². The van der Waals surface area contributed by atoms with Crippen LogP contribution >= 0.6 is 0 Å². The number of nitrogens with one attached hydrogen (secondary N) is 2. The molecule has 10 aliphatic rings. The average Bonchev–Trinajstić information content (AvgIpc) is 3.93. The maximum Gasteiger partial charge on any atom is 0.332 e. The summed E-state index contributed by atoms with van der Waals surface area (Å²) >= 11 is 0. The van der Waals surface area contributed by atoms with Gasteiger partial charge in [-0.15, -0.1) is 0 Å². The highest BCUT2D eigenvalue weighted by Gasteiger charge is 2.62. The van der Waals surface area contributed by atoms with E-state index in [-0.39, 0.29) is 41.8 Å². The predicted molar refractivity (Wildman–Crippen MR) is 243 cm³/mol. The number of anilines is 3. The SMILES string of the molecule is Cc1cc(C(N)=O)ccc1Nc1ncc2c(n1)n(C13CC4CC(CC(OCn5c(=O)n(C67CC8CC(CC(C#N)(C8)C6)C7)c6nc(NC7=CC8CCOC8C=C7F)ncc65)(C4)C1)C3)c(=O)n2C. The van der Waals surface area contributed by atoms with Crippen molar-refractivity contribution in [1.29, 1.82) is 5.26 Å². The van der Waals surface area contributed by atoms with E-state index < -0.39 is 33.8 Å². The summed E-state index contributed by atoms with van der Waals surface area (Å²) < 4.78 is 35.4. The van der Waals surface area contributed by atoms with Gasteiger partial charge in [0.1, 0.15) is 23.6 Å². The van der Waals surface area contributed by atoms with Crippen LogP contribution in [0.3, 0.4) is 0 Å². The molecule has 5 aromatic rings. The van der Waals surface area contributed by atoms with Crippen molar-refractivity contribution in [1.82, 2.24) is 38.2 Å². The smallest absolute Gasteiger partial charge is 0.332 e. The summed E-state index contributed by atoms with van der Waals surface area (Å²) in [6.45, 7) is 2.40. The highest BCUT2D eigenvalue weighted by Crippen LogP contribution is 2.65. The Labute approximate surface area is 384 Å². The number of fused-ring (bicyclic) bond motifs is 3. The number of aryl methyl sites for hydroxylation is 2. The molecule has 8 bridgehead atoms. The summed E-state index contributed by atoms with van der Waals surface area (Å²) in [6, 6.07) is 7.85. The Balaban J connectivity index is 0.859. The van der Waals surface area contributed by atoms with Gasteiger partial charge in [-0.3, -0.25) is 23.1 Å². The number of imidazole rings is 2. The third kappa shape index (κ3) is 6.18. The number of aromatic nitrogens is 8. The van der Waals surface area contributed by atoms with Crippen LogP contribution in [0.15, 0.2) is 63.9 Å². The number of carbonyl (C=O) groups is 1. The van der Waals surface area contributed by atoms with E-state index >= 15 is 9.18 Å². The molecule has 17 nitrogen and oxygen atoms in total. The fourth-order valence-electron chi connectivity index (χ4n) is 15.4. The Morgan fingerprint density at radius 1 is 0.896 bits per heavy atom. The van der Waals surface area contributed by atoms with Gasteiger partial charge in [-0.05, 0) is 137 Å². The van der Waals surface area contributed by atoms with E-state index in [4.69, 9.17) is 25.2 Å². The van der Waals surface area contributed by atoms with Gasteiger partial charge in [-0.25, -0.2) is 23.9 Å². The molecule has 6 atom stereocenters. The zero-order chi connectivity index (χ0) is 45.8. The molecule has 1 aromatic carbocycles. The van der Waals surface area contributed by atoms with Crippen molar-refractivity contribution in [2.75, 3.05) is 17.2 Å². The summed E-state index contributed by atoms with van der Waals surface area (Å²) in [5, 5.41) is 17.1. The summed E-state index contributed by atoms with van der Waals surface area (Å²) in [4.78, 5) is 60.9. The van der Waals surface area contributed by atoms with Gasteiger partial charge in [-0.1, -0.05) is 6.08 Å². The van der Waals surface area contributed by atoms with Crippen molar-refractivity contribution in [3.05, 3.63) is 86.4 Å². The third-order valence-electron chi connectivity index (χ3n) is 17.3. The van der Waals surface area contributed by atoms with Crippen LogP contribution in [0.2, 0.25) is 0 Å². The monoisotopic (exact) mass is 908 g/mol. The number of nitriles is 1. The second-order valence-corrected chi connectivity index (χ2v) is 21.8. The summed E-state index contributed by atoms with van der Waals surface area (Å²) in [5.74, 6) is 0.893. The van der Waals surface area contributed by atoms with E-state index in [1.165, 1.54) is 6.08 Å². The maximum atomic E-state index is 15.5. The van der Waals surface area contributed by atoms with Crippen molar-refractivity contribution < 1.29 is 18.7 Å². The molecule has 67 heavy (non-hydrogen) atoms. The number of benzene rings is 1. The van der Waals surface area contributed by atoms with Gasteiger partial charge < -0.3 is 25.8 Å². The molecule has 9 aliphatic carbocycles. The lowest BCUT2D eigenvalue weighted by molar-refractivity contribution is -0.202. The first-order chi connectivity index (χ1) is 32.2. The van der Waals surface area contributed by atoms with Crippen LogP contribution in [-0.2, 0) is 34.3 Å². The Kier molecular flexibility index (Phi) is 8.68.